The van der Waals surface area contributed by atoms with Crippen molar-refractivity contribution in [2.75, 3.05) is 11.9 Å². The topological polar surface area (TPSA) is 71.8 Å². The number of fused-ring (bicyclic) bond motifs is 1. The van der Waals surface area contributed by atoms with E-state index < -0.39 is 0 Å². The molecule has 1 fully saturated rings. The third kappa shape index (κ3) is 3.86. The number of carbonyl (C=O) groups is 1. The average molecular weight is 377 g/mol. The first-order valence-corrected chi connectivity index (χ1v) is 10.1. The summed E-state index contributed by atoms with van der Waals surface area (Å²) in [4.78, 5) is 21.6. The Bertz CT molecular complexity index is 988. The van der Waals surface area contributed by atoms with Crippen LogP contribution in [-0.4, -0.2) is 27.1 Å². The third-order valence-corrected chi connectivity index (χ3v) is 5.61. The molecule has 2 heterocycles. The number of aryl methyl sites for hydroxylation is 2. The maximum absolute atomic E-state index is 12.3. The van der Waals surface area contributed by atoms with E-state index in [1.54, 1.807) is 0 Å². The van der Waals surface area contributed by atoms with Crippen molar-refractivity contribution in [2.45, 2.75) is 52.0 Å². The number of pyridine rings is 1. The van der Waals surface area contributed by atoms with E-state index in [0.717, 1.165) is 28.2 Å². The van der Waals surface area contributed by atoms with Gasteiger partial charge in [0.1, 0.15) is 11.3 Å². The van der Waals surface area contributed by atoms with Gasteiger partial charge in [0.05, 0.1) is 0 Å². The summed E-state index contributed by atoms with van der Waals surface area (Å²) in [6.07, 6.45) is 7.38. The summed E-state index contributed by atoms with van der Waals surface area (Å²) in [6.45, 7) is 4.64. The number of aromatic nitrogens is 3. The van der Waals surface area contributed by atoms with Gasteiger partial charge in [-0.1, -0.05) is 18.9 Å². The highest BCUT2D eigenvalue weighted by Gasteiger charge is 2.23. The predicted molar refractivity (Wildman–Crippen MR) is 112 cm³/mol. The number of hydrogen-bond acceptors (Lipinski definition) is 3. The normalized spacial score (nSPS) is 14.5. The lowest BCUT2D eigenvalue weighted by molar-refractivity contribution is 0.252. The van der Waals surface area contributed by atoms with Gasteiger partial charge in [-0.25, -0.2) is 14.8 Å². The number of nitrogens with one attached hydrogen (secondary N) is 2. The summed E-state index contributed by atoms with van der Waals surface area (Å²) < 4.78 is 2.30. The summed E-state index contributed by atoms with van der Waals surface area (Å²) in [7, 11) is 0. The molecule has 0 unspecified atom stereocenters. The molecular weight excluding hydrogens is 350 g/mol. The van der Waals surface area contributed by atoms with Crippen molar-refractivity contribution >= 4 is 22.9 Å². The molecule has 4 rings (SSSR count). The van der Waals surface area contributed by atoms with Crippen LogP contribution in [0.15, 0.2) is 36.5 Å². The van der Waals surface area contributed by atoms with Crippen molar-refractivity contribution in [3.8, 4) is 0 Å². The maximum atomic E-state index is 12.3. The molecule has 0 atom stereocenters. The number of rotatable bonds is 5. The Morgan fingerprint density at radius 3 is 2.79 bits per heavy atom. The molecule has 1 aromatic carbocycles. The summed E-state index contributed by atoms with van der Waals surface area (Å²) in [6, 6.07) is 10.1. The van der Waals surface area contributed by atoms with E-state index in [4.69, 9.17) is 4.98 Å². The van der Waals surface area contributed by atoms with Gasteiger partial charge in [0.2, 0.25) is 0 Å². The molecule has 28 heavy (non-hydrogen) atoms. The lowest BCUT2D eigenvalue weighted by Crippen LogP contribution is -2.31. The van der Waals surface area contributed by atoms with Gasteiger partial charge in [0.15, 0.2) is 5.65 Å². The largest absolute Gasteiger partial charge is 0.337 e. The van der Waals surface area contributed by atoms with Crippen LogP contribution in [0.25, 0.3) is 11.2 Å². The smallest absolute Gasteiger partial charge is 0.319 e. The molecule has 1 aliphatic carbocycles. The van der Waals surface area contributed by atoms with Crippen LogP contribution in [0.4, 0.5) is 10.5 Å². The number of amides is 2. The number of urea groups is 1. The molecule has 2 N–H and O–H groups in total. The summed E-state index contributed by atoms with van der Waals surface area (Å²) in [5, 5.41) is 5.86. The maximum Gasteiger partial charge on any atom is 0.319 e. The SMILES string of the molecule is Cc1ccc(NC(=O)NCCc2nc3cccnc3n2C2CCCC2)cc1C. The molecular formula is C22H27N5O. The number of nitrogens with zero attached hydrogens (tertiary/aromatic N) is 3. The molecule has 2 amide bonds. The highest BCUT2D eigenvalue weighted by atomic mass is 16.2. The molecule has 1 aliphatic rings. The fourth-order valence-corrected chi connectivity index (χ4v) is 3.98. The van der Waals surface area contributed by atoms with Gasteiger partial charge in [-0.05, 0) is 62.1 Å². The molecule has 0 bridgehead atoms. The van der Waals surface area contributed by atoms with E-state index >= 15 is 0 Å². The van der Waals surface area contributed by atoms with Gasteiger partial charge in [0.25, 0.3) is 0 Å². The second kappa shape index (κ2) is 8.00. The van der Waals surface area contributed by atoms with Crippen LogP contribution in [0.2, 0.25) is 0 Å². The third-order valence-electron chi connectivity index (χ3n) is 5.61. The summed E-state index contributed by atoms with van der Waals surface area (Å²) >= 11 is 0. The number of imidazole rings is 1. The summed E-state index contributed by atoms with van der Waals surface area (Å²) in [5.74, 6) is 1.01. The second-order valence-electron chi connectivity index (χ2n) is 7.61. The van der Waals surface area contributed by atoms with Crippen LogP contribution >= 0.6 is 0 Å². The lowest BCUT2D eigenvalue weighted by atomic mass is 10.1. The molecule has 0 saturated heterocycles. The molecule has 0 radical (unpaired) electrons. The average Bonchev–Trinajstić information content (AvgIpc) is 3.31. The highest BCUT2D eigenvalue weighted by Crippen LogP contribution is 2.33. The molecule has 6 heteroatoms. The Morgan fingerprint density at radius 2 is 2.00 bits per heavy atom. The Morgan fingerprint density at radius 1 is 1.18 bits per heavy atom. The molecule has 0 aliphatic heterocycles. The van der Waals surface area contributed by atoms with E-state index in [9.17, 15) is 4.79 Å². The van der Waals surface area contributed by atoms with E-state index in [0.29, 0.717) is 19.0 Å². The number of carbonyl (C=O) groups excluding carboxylic acids is 1. The van der Waals surface area contributed by atoms with Crippen molar-refractivity contribution in [1.82, 2.24) is 19.9 Å². The fourth-order valence-electron chi connectivity index (χ4n) is 3.98. The zero-order valence-corrected chi connectivity index (χ0v) is 16.5. The Balaban J connectivity index is 1.42. The van der Waals surface area contributed by atoms with Crippen LogP contribution < -0.4 is 10.6 Å². The van der Waals surface area contributed by atoms with Crippen LogP contribution in [0.3, 0.4) is 0 Å². The monoisotopic (exact) mass is 377 g/mol. The highest BCUT2D eigenvalue weighted by molar-refractivity contribution is 5.89. The molecule has 0 spiro atoms. The van der Waals surface area contributed by atoms with Gasteiger partial charge in [-0.3, -0.25) is 0 Å². The van der Waals surface area contributed by atoms with Gasteiger partial charge >= 0.3 is 6.03 Å². The van der Waals surface area contributed by atoms with Gasteiger partial charge in [-0.15, -0.1) is 0 Å². The van der Waals surface area contributed by atoms with E-state index in [1.165, 1.54) is 31.2 Å². The quantitative estimate of drug-likeness (QED) is 0.686. The van der Waals surface area contributed by atoms with E-state index in [2.05, 4.69) is 27.1 Å². The lowest BCUT2D eigenvalue weighted by Gasteiger charge is -2.16. The van der Waals surface area contributed by atoms with Crippen LogP contribution in [-0.2, 0) is 6.42 Å². The predicted octanol–water partition coefficient (Wildman–Crippen LogP) is 4.53. The van der Waals surface area contributed by atoms with Gasteiger partial charge < -0.3 is 15.2 Å². The van der Waals surface area contributed by atoms with Crippen molar-refractivity contribution in [3.63, 3.8) is 0 Å². The second-order valence-corrected chi connectivity index (χ2v) is 7.61. The molecule has 6 nitrogen and oxygen atoms in total. The number of anilines is 1. The minimum absolute atomic E-state index is 0.190. The first-order chi connectivity index (χ1) is 13.6. The Hall–Kier alpha value is -2.89. The van der Waals surface area contributed by atoms with E-state index in [1.807, 2.05) is 43.5 Å². The van der Waals surface area contributed by atoms with Crippen LogP contribution in [0, 0.1) is 13.8 Å². The molecule has 3 aromatic rings. The van der Waals surface area contributed by atoms with Crippen LogP contribution in [0.5, 0.6) is 0 Å². The first kappa shape index (κ1) is 18.5. The number of benzene rings is 1. The Kier molecular flexibility index (Phi) is 5.28. The molecule has 2 aromatic heterocycles. The van der Waals surface area contributed by atoms with Crippen molar-refractivity contribution in [2.24, 2.45) is 0 Å². The zero-order valence-electron chi connectivity index (χ0n) is 16.5. The van der Waals surface area contributed by atoms with Crippen LogP contribution in [0.1, 0.15) is 48.7 Å². The first-order valence-electron chi connectivity index (χ1n) is 10.1. The van der Waals surface area contributed by atoms with Gasteiger partial charge in [0, 0.05) is 30.9 Å². The van der Waals surface area contributed by atoms with Crippen molar-refractivity contribution in [3.05, 3.63) is 53.5 Å². The minimum Gasteiger partial charge on any atom is -0.337 e. The van der Waals surface area contributed by atoms with Gasteiger partial charge in [-0.2, -0.15) is 0 Å². The zero-order chi connectivity index (χ0) is 19.5. The van der Waals surface area contributed by atoms with Crippen molar-refractivity contribution < 1.29 is 4.79 Å². The van der Waals surface area contributed by atoms with Crippen molar-refractivity contribution in [1.29, 1.82) is 0 Å². The summed E-state index contributed by atoms with van der Waals surface area (Å²) in [5.41, 5.74) is 5.08. The standard InChI is InChI=1S/C22H27N5O/c1-15-9-10-17(14-16(15)2)25-22(28)24-13-11-20-26-19-8-5-12-23-21(19)27(20)18-6-3-4-7-18/h5,8-10,12,14,18H,3-4,6-7,11,13H2,1-2H3,(H2,24,25,28). The minimum atomic E-state index is -0.190. The molecule has 146 valence electrons. The fraction of sp³-hybridized carbons (Fsp3) is 0.409. The number of hydrogen-bond donors (Lipinski definition) is 2. The Labute approximate surface area is 165 Å². The van der Waals surface area contributed by atoms with E-state index in [-0.39, 0.29) is 6.03 Å². The molecule has 1 saturated carbocycles.